The van der Waals surface area contributed by atoms with E-state index in [2.05, 4.69) is 5.32 Å². The predicted octanol–water partition coefficient (Wildman–Crippen LogP) is 4.09. The first kappa shape index (κ1) is 23.3. The van der Waals surface area contributed by atoms with Crippen molar-refractivity contribution in [2.75, 3.05) is 38.9 Å². The fourth-order valence-electron chi connectivity index (χ4n) is 3.10. The highest BCUT2D eigenvalue weighted by Crippen LogP contribution is 2.43. The third kappa shape index (κ3) is 6.83. The van der Waals surface area contributed by atoms with Gasteiger partial charge in [-0.05, 0) is 59.7 Å². The number of amides is 1. The number of esters is 1. The van der Waals surface area contributed by atoms with E-state index in [1.54, 1.807) is 26.4 Å². The molecule has 1 fully saturated rings. The molecule has 166 valence electrons. The number of hydrogen-bond acceptors (Lipinski definition) is 7. The van der Waals surface area contributed by atoms with Gasteiger partial charge in [-0.3, -0.25) is 4.79 Å². The van der Waals surface area contributed by atoms with E-state index in [-0.39, 0.29) is 12.5 Å². The Labute approximate surface area is 191 Å². The summed E-state index contributed by atoms with van der Waals surface area (Å²) in [5, 5.41) is 2.76. The Morgan fingerprint density at radius 2 is 1.71 bits per heavy atom. The number of carbonyl (C=O) groups excluding carboxylic acids is 2. The summed E-state index contributed by atoms with van der Waals surface area (Å²) in [4.78, 5) is 24.2. The number of carbonyl (C=O) groups is 2. The molecule has 0 unspecified atom stereocenters. The average Bonchev–Trinajstić information content (AvgIpc) is 2.83. The second-order valence-electron chi connectivity index (χ2n) is 6.91. The van der Waals surface area contributed by atoms with Crippen molar-refractivity contribution in [1.82, 2.24) is 5.32 Å². The minimum atomic E-state index is -0.495. The Morgan fingerprint density at radius 1 is 1.00 bits per heavy atom. The number of methoxy groups -OCH3 is 2. The first-order chi connectivity index (χ1) is 15.1. The lowest BCUT2D eigenvalue weighted by Gasteiger charge is -2.21. The van der Waals surface area contributed by atoms with E-state index < -0.39 is 5.97 Å². The Morgan fingerprint density at radius 3 is 2.39 bits per heavy atom. The number of benzene rings is 2. The predicted molar refractivity (Wildman–Crippen MR) is 125 cm³/mol. The Balaban J connectivity index is 1.40. The second kappa shape index (κ2) is 11.9. The normalized spacial score (nSPS) is 14.0. The fourth-order valence-corrected chi connectivity index (χ4v) is 6.00. The van der Waals surface area contributed by atoms with E-state index in [0.717, 1.165) is 5.56 Å². The highest BCUT2D eigenvalue weighted by Gasteiger charge is 2.17. The molecule has 1 aliphatic rings. The number of hydrogen-bond donors (Lipinski definition) is 1. The van der Waals surface area contributed by atoms with E-state index in [1.165, 1.54) is 23.5 Å². The van der Waals surface area contributed by atoms with Crippen molar-refractivity contribution < 1.29 is 23.8 Å². The van der Waals surface area contributed by atoms with Crippen LogP contribution in [0.5, 0.6) is 11.5 Å². The molecule has 0 radical (unpaired) electrons. The summed E-state index contributed by atoms with van der Waals surface area (Å²) in [6, 6.07) is 13.1. The van der Waals surface area contributed by atoms with Crippen LogP contribution in [0.2, 0.25) is 0 Å². The third-order valence-corrected chi connectivity index (χ3v) is 7.78. The van der Waals surface area contributed by atoms with E-state index in [9.17, 15) is 9.59 Å². The van der Waals surface area contributed by atoms with Crippen LogP contribution in [0.4, 0.5) is 0 Å². The third-order valence-electron chi connectivity index (χ3n) is 4.76. The minimum Gasteiger partial charge on any atom is -0.493 e. The zero-order valence-electron chi connectivity index (χ0n) is 17.7. The van der Waals surface area contributed by atoms with Gasteiger partial charge in [0.2, 0.25) is 0 Å². The van der Waals surface area contributed by atoms with Gasteiger partial charge in [0.25, 0.3) is 5.91 Å². The molecular weight excluding hydrogens is 434 g/mol. The first-order valence-corrected chi connectivity index (χ1v) is 12.2. The van der Waals surface area contributed by atoms with Crippen LogP contribution in [-0.4, -0.2) is 50.8 Å². The summed E-state index contributed by atoms with van der Waals surface area (Å²) in [5.74, 6) is 2.81. The number of nitrogens with one attached hydrogen (secondary N) is 1. The monoisotopic (exact) mass is 461 g/mol. The summed E-state index contributed by atoms with van der Waals surface area (Å²) >= 11 is 3.87. The molecule has 0 spiro atoms. The second-order valence-corrected chi connectivity index (χ2v) is 9.64. The number of thioether (sulfide) groups is 2. The fraction of sp³-hybridized carbons (Fsp3) is 0.391. The molecule has 1 N–H and O–H groups in total. The summed E-state index contributed by atoms with van der Waals surface area (Å²) in [5.41, 5.74) is 2.66. The molecule has 1 saturated heterocycles. The van der Waals surface area contributed by atoms with Gasteiger partial charge in [-0.15, -0.1) is 23.5 Å². The molecule has 0 aliphatic carbocycles. The van der Waals surface area contributed by atoms with Crippen molar-refractivity contribution in [3.8, 4) is 11.5 Å². The summed E-state index contributed by atoms with van der Waals surface area (Å²) < 4.78 is 16.1. The number of ether oxygens (including phenoxy) is 3. The number of rotatable bonds is 9. The molecule has 0 aromatic heterocycles. The van der Waals surface area contributed by atoms with Gasteiger partial charge in [-0.2, -0.15) is 0 Å². The highest BCUT2D eigenvalue weighted by molar-refractivity contribution is 8.16. The smallest absolute Gasteiger partial charge is 0.338 e. The molecule has 6 nitrogen and oxygen atoms in total. The molecule has 2 aromatic rings. The van der Waals surface area contributed by atoms with Crippen molar-refractivity contribution in [2.24, 2.45) is 0 Å². The summed E-state index contributed by atoms with van der Waals surface area (Å²) in [7, 11) is 3.17. The van der Waals surface area contributed by atoms with Crippen molar-refractivity contribution in [2.45, 2.75) is 17.4 Å². The minimum absolute atomic E-state index is 0.305. The zero-order chi connectivity index (χ0) is 22.1. The molecule has 1 aliphatic heterocycles. The van der Waals surface area contributed by atoms with E-state index in [1.807, 2.05) is 53.9 Å². The van der Waals surface area contributed by atoms with E-state index in [4.69, 9.17) is 14.2 Å². The summed E-state index contributed by atoms with van der Waals surface area (Å²) in [6.45, 7) is 0.123. The van der Waals surface area contributed by atoms with Crippen LogP contribution in [0.15, 0.2) is 42.5 Å². The molecule has 1 amide bonds. The highest BCUT2D eigenvalue weighted by atomic mass is 32.2. The largest absolute Gasteiger partial charge is 0.493 e. The Kier molecular flexibility index (Phi) is 8.97. The maximum absolute atomic E-state index is 12.2. The van der Waals surface area contributed by atoms with Crippen molar-refractivity contribution in [3.63, 3.8) is 0 Å². The molecule has 0 bridgehead atoms. The maximum Gasteiger partial charge on any atom is 0.338 e. The van der Waals surface area contributed by atoms with Gasteiger partial charge < -0.3 is 19.5 Å². The lowest BCUT2D eigenvalue weighted by molar-refractivity contribution is -0.124. The van der Waals surface area contributed by atoms with Gasteiger partial charge >= 0.3 is 5.97 Å². The molecule has 3 rings (SSSR count). The van der Waals surface area contributed by atoms with Crippen LogP contribution in [-0.2, 0) is 16.0 Å². The van der Waals surface area contributed by atoms with Crippen LogP contribution in [0, 0.1) is 0 Å². The van der Waals surface area contributed by atoms with Gasteiger partial charge in [-0.25, -0.2) is 4.79 Å². The van der Waals surface area contributed by atoms with Crippen LogP contribution in [0.3, 0.4) is 0 Å². The molecule has 31 heavy (non-hydrogen) atoms. The van der Waals surface area contributed by atoms with Gasteiger partial charge in [0.1, 0.15) is 0 Å². The molecular formula is C23H27NO5S2. The Bertz CT molecular complexity index is 882. The van der Waals surface area contributed by atoms with Crippen molar-refractivity contribution in [3.05, 3.63) is 59.2 Å². The first-order valence-electron chi connectivity index (χ1n) is 10.1. The maximum atomic E-state index is 12.2. The molecule has 0 saturated carbocycles. The standard InChI is InChI=1S/C23H27NO5S2/c1-27-19-9-4-16(14-20(19)28-2)10-11-24-21(25)15-29-22(26)17-5-7-18(8-6-17)23-30-12-3-13-31-23/h4-9,14,23H,3,10-13,15H2,1-2H3,(H,24,25). The topological polar surface area (TPSA) is 73.9 Å². The van der Waals surface area contributed by atoms with E-state index >= 15 is 0 Å². The molecule has 1 heterocycles. The van der Waals surface area contributed by atoms with E-state index in [0.29, 0.717) is 34.6 Å². The van der Waals surface area contributed by atoms with Crippen LogP contribution >= 0.6 is 23.5 Å². The lowest BCUT2D eigenvalue weighted by atomic mass is 10.1. The van der Waals surface area contributed by atoms with Crippen LogP contribution < -0.4 is 14.8 Å². The van der Waals surface area contributed by atoms with Gasteiger partial charge in [-0.1, -0.05) is 18.2 Å². The van der Waals surface area contributed by atoms with Crippen molar-refractivity contribution >= 4 is 35.4 Å². The van der Waals surface area contributed by atoms with Crippen LogP contribution in [0.25, 0.3) is 0 Å². The molecule has 0 atom stereocenters. The SMILES string of the molecule is COc1ccc(CCNC(=O)COC(=O)c2ccc(C3SCCCS3)cc2)cc1OC. The molecule has 2 aromatic carbocycles. The average molecular weight is 462 g/mol. The van der Waals surface area contributed by atoms with Gasteiger partial charge in [0, 0.05) is 6.54 Å². The zero-order valence-corrected chi connectivity index (χ0v) is 19.4. The van der Waals surface area contributed by atoms with Gasteiger partial charge in [0.15, 0.2) is 18.1 Å². The van der Waals surface area contributed by atoms with Gasteiger partial charge in [0.05, 0.1) is 24.4 Å². The Hall–Kier alpha value is -2.32. The lowest BCUT2D eigenvalue weighted by Crippen LogP contribution is -2.30. The summed E-state index contributed by atoms with van der Waals surface area (Å²) in [6.07, 6.45) is 1.87. The van der Waals surface area contributed by atoms with Crippen LogP contribution in [0.1, 0.15) is 32.5 Å². The molecule has 8 heteroatoms. The van der Waals surface area contributed by atoms with Crippen molar-refractivity contribution in [1.29, 1.82) is 0 Å². The quantitative estimate of drug-likeness (QED) is 0.564.